The molecule has 6 rings (SSSR count). The van der Waals surface area contributed by atoms with Crippen LogP contribution < -0.4 is 5.32 Å². The number of nitrogens with one attached hydrogen (secondary N) is 1. The molecule has 8 atom stereocenters. The van der Waals surface area contributed by atoms with E-state index in [0.717, 1.165) is 50.5 Å². The summed E-state index contributed by atoms with van der Waals surface area (Å²) in [7, 11) is 0. The van der Waals surface area contributed by atoms with Crippen molar-refractivity contribution in [2.75, 3.05) is 0 Å². The Labute approximate surface area is 244 Å². The molecular weight excluding hydrogens is 508 g/mol. The van der Waals surface area contributed by atoms with Crippen molar-refractivity contribution >= 4 is 17.5 Å². The Kier molecular flexibility index (Phi) is 6.17. The molecule has 3 saturated carbocycles. The normalized spacial score (nSPS) is 42.8. The zero-order valence-corrected chi connectivity index (χ0v) is 25.5. The number of allylic oxidation sites excluding steroid dienone is 4. The van der Waals surface area contributed by atoms with E-state index in [9.17, 15) is 19.6 Å². The number of Topliss-reactive ketones (excluding diaryl/α,β-unsaturated/α-hetero) is 1. The number of hydrogen-bond acceptors (Lipinski definition) is 4. The van der Waals surface area contributed by atoms with Gasteiger partial charge in [-0.15, -0.1) is 0 Å². The Morgan fingerprint density at radius 1 is 0.951 bits per heavy atom. The molecule has 0 saturated heterocycles. The van der Waals surface area contributed by atoms with Crippen molar-refractivity contribution in [3.05, 3.63) is 59.2 Å². The first-order valence-electron chi connectivity index (χ1n) is 15.5. The van der Waals surface area contributed by atoms with Crippen LogP contribution in [0.3, 0.4) is 0 Å². The number of carbonyl (C=O) groups is 3. The monoisotopic (exact) mass is 552 g/mol. The Morgan fingerprint density at radius 2 is 1.63 bits per heavy atom. The van der Waals surface area contributed by atoms with Gasteiger partial charge in [-0.1, -0.05) is 71.4 Å². The molecule has 5 heteroatoms. The molecule has 0 spiro atoms. The van der Waals surface area contributed by atoms with Crippen molar-refractivity contribution in [1.82, 2.24) is 5.32 Å². The van der Waals surface area contributed by atoms with Gasteiger partial charge in [-0.2, -0.15) is 5.26 Å². The van der Waals surface area contributed by atoms with Gasteiger partial charge in [0.2, 0.25) is 0 Å². The van der Waals surface area contributed by atoms with E-state index in [1.807, 2.05) is 49.4 Å². The van der Waals surface area contributed by atoms with Gasteiger partial charge in [0, 0.05) is 28.4 Å². The summed E-state index contributed by atoms with van der Waals surface area (Å²) in [5.41, 5.74) is 0.659. The molecule has 5 aliphatic carbocycles. The van der Waals surface area contributed by atoms with E-state index < -0.39 is 11.0 Å². The molecule has 216 valence electrons. The fourth-order valence-corrected chi connectivity index (χ4v) is 10.4. The second-order valence-corrected chi connectivity index (χ2v) is 15.4. The topological polar surface area (TPSA) is 87.0 Å². The summed E-state index contributed by atoms with van der Waals surface area (Å²) in [4.78, 5) is 41.1. The molecule has 0 aromatic heterocycles. The van der Waals surface area contributed by atoms with E-state index >= 15 is 0 Å². The van der Waals surface area contributed by atoms with Crippen molar-refractivity contribution in [1.29, 1.82) is 5.26 Å². The summed E-state index contributed by atoms with van der Waals surface area (Å²) in [5, 5.41) is 13.4. The van der Waals surface area contributed by atoms with Crippen molar-refractivity contribution in [3.63, 3.8) is 0 Å². The standard InChI is InChI=1S/C36H44N2O3/c1-22-25-12-13-34(5)28(33(25,4)19-24(21-37)30(22)40)18-27(39)29-26-20-32(2,3)14-16-36(26,17-15-35(29,34)6)38-31(41)23-10-8-7-9-11-23/h7-11,18-19,22,25-26,29H,12-17,20H2,1-6H3,(H,38,41)/t22-,25?,26?,29?,33-,34+,35+,36-/m0/s1. The highest BCUT2D eigenvalue weighted by molar-refractivity contribution is 6.02. The number of hydrogen-bond donors (Lipinski definition) is 1. The Balaban J connectivity index is 1.46. The molecule has 3 fully saturated rings. The zero-order valence-electron chi connectivity index (χ0n) is 25.5. The maximum Gasteiger partial charge on any atom is 0.251 e. The van der Waals surface area contributed by atoms with Gasteiger partial charge in [0.05, 0.1) is 5.57 Å². The Hall–Kier alpha value is -3.00. The molecule has 0 bridgehead atoms. The SMILES string of the molecule is C[C@@H]1C(=O)C(C#N)=C[C@]2(C)C3=CC(=O)C4C5CC(C)(C)CC[C@]5(NC(=O)c5ccccc5)CC[C@@]4(C)[C@]3(C)CCC12. The van der Waals surface area contributed by atoms with E-state index in [-0.39, 0.29) is 63.0 Å². The minimum Gasteiger partial charge on any atom is -0.346 e. The first kappa shape index (κ1) is 28.1. The van der Waals surface area contributed by atoms with Crippen LogP contribution in [0.4, 0.5) is 0 Å². The molecule has 0 aliphatic heterocycles. The van der Waals surface area contributed by atoms with Crippen molar-refractivity contribution in [2.24, 2.45) is 45.3 Å². The highest BCUT2D eigenvalue weighted by Crippen LogP contribution is 2.72. The largest absolute Gasteiger partial charge is 0.346 e. The fraction of sp³-hybridized carbons (Fsp3) is 0.611. The van der Waals surface area contributed by atoms with Gasteiger partial charge in [-0.25, -0.2) is 0 Å². The lowest BCUT2D eigenvalue weighted by Gasteiger charge is -2.68. The number of nitrogens with zero attached hydrogens (tertiary/aromatic N) is 1. The first-order chi connectivity index (χ1) is 19.2. The number of amides is 1. The average molecular weight is 553 g/mol. The molecule has 5 aliphatic rings. The minimum atomic E-state index is -0.503. The predicted molar refractivity (Wildman–Crippen MR) is 158 cm³/mol. The summed E-state index contributed by atoms with van der Waals surface area (Å²) in [6, 6.07) is 11.6. The number of ketones is 2. The highest BCUT2D eigenvalue weighted by Gasteiger charge is 2.69. The van der Waals surface area contributed by atoms with Gasteiger partial charge in [-0.3, -0.25) is 14.4 Å². The maximum absolute atomic E-state index is 14.6. The van der Waals surface area contributed by atoms with Crippen molar-refractivity contribution < 1.29 is 14.4 Å². The third kappa shape index (κ3) is 3.81. The van der Waals surface area contributed by atoms with Crippen molar-refractivity contribution in [2.45, 2.75) is 92.0 Å². The van der Waals surface area contributed by atoms with Crippen LogP contribution in [0, 0.1) is 56.7 Å². The van der Waals surface area contributed by atoms with E-state index in [2.05, 4.69) is 46.0 Å². The van der Waals surface area contributed by atoms with Gasteiger partial charge in [0.1, 0.15) is 6.07 Å². The molecule has 0 radical (unpaired) electrons. The molecule has 1 amide bonds. The fourth-order valence-electron chi connectivity index (χ4n) is 10.4. The first-order valence-corrected chi connectivity index (χ1v) is 15.5. The summed E-state index contributed by atoms with van der Waals surface area (Å²) >= 11 is 0. The van der Waals surface area contributed by atoms with Gasteiger partial charge < -0.3 is 5.32 Å². The molecule has 1 aromatic rings. The summed E-state index contributed by atoms with van der Waals surface area (Å²) in [6.45, 7) is 13.4. The molecule has 5 nitrogen and oxygen atoms in total. The Bertz CT molecular complexity index is 1430. The van der Waals surface area contributed by atoms with Crippen LogP contribution in [-0.2, 0) is 9.59 Å². The second kappa shape index (κ2) is 9.00. The lowest BCUT2D eigenvalue weighted by atomic mass is 9.36. The van der Waals surface area contributed by atoms with Crippen LogP contribution in [0.15, 0.2) is 53.6 Å². The lowest BCUT2D eigenvalue weighted by Crippen LogP contribution is -2.69. The van der Waals surface area contributed by atoms with Gasteiger partial charge in [-0.05, 0) is 91.2 Å². The molecule has 1 N–H and O–H groups in total. The van der Waals surface area contributed by atoms with Crippen molar-refractivity contribution in [3.8, 4) is 6.07 Å². The minimum absolute atomic E-state index is 0.0439. The van der Waals surface area contributed by atoms with Crippen LogP contribution in [0.1, 0.15) is 96.8 Å². The Morgan fingerprint density at radius 3 is 2.32 bits per heavy atom. The van der Waals surface area contributed by atoms with E-state index in [0.29, 0.717) is 5.56 Å². The summed E-state index contributed by atoms with van der Waals surface area (Å²) in [6.07, 6.45) is 10.2. The predicted octanol–water partition coefficient (Wildman–Crippen LogP) is 7.00. The van der Waals surface area contributed by atoms with E-state index in [4.69, 9.17) is 0 Å². The third-order valence-electron chi connectivity index (χ3n) is 12.9. The lowest BCUT2D eigenvalue weighted by molar-refractivity contribution is -0.158. The molecule has 3 unspecified atom stereocenters. The van der Waals surface area contributed by atoms with Gasteiger partial charge in [0.15, 0.2) is 11.6 Å². The molecular formula is C36H44N2O3. The third-order valence-corrected chi connectivity index (χ3v) is 12.9. The quantitative estimate of drug-likeness (QED) is 0.428. The summed E-state index contributed by atoms with van der Waals surface area (Å²) < 4.78 is 0. The smallest absolute Gasteiger partial charge is 0.251 e. The number of nitriles is 1. The van der Waals surface area contributed by atoms with Crippen LogP contribution >= 0.6 is 0 Å². The van der Waals surface area contributed by atoms with Gasteiger partial charge >= 0.3 is 0 Å². The maximum atomic E-state index is 14.6. The van der Waals surface area contributed by atoms with Gasteiger partial charge in [0.25, 0.3) is 5.91 Å². The second-order valence-electron chi connectivity index (χ2n) is 15.4. The number of rotatable bonds is 2. The molecule has 0 heterocycles. The highest BCUT2D eigenvalue weighted by atomic mass is 16.2. The van der Waals surface area contributed by atoms with Crippen LogP contribution in [-0.4, -0.2) is 23.0 Å². The van der Waals surface area contributed by atoms with Crippen LogP contribution in [0.2, 0.25) is 0 Å². The molecule has 1 aromatic carbocycles. The van der Waals surface area contributed by atoms with Crippen LogP contribution in [0.25, 0.3) is 0 Å². The van der Waals surface area contributed by atoms with E-state index in [1.165, 1.54) is 0 Å². The number of fused-ring (bicyclic) bond motifs is 7. The van der Waals surface area contributed by atoms with Crippen LogP contribution in [0.5, 0.6) is 0 Å². The number of benzene rings is 1. The average Bonchev–Trinajstić information content (AvgIpc) is 2.93. The summed E-state index contributed by atoms with van der Waals surface area (Å²) in [5.74, 6) is -0.249. The molecule has 41 heavy (non-hydrogen) atoms. The van der Waals surface area contributed by atoms with E-state index in [1.54, 1.807) is 0 Å². The number of carbonyl (C=O) groups excluding carboxylic acids is 3. The zero-order chi connectivity index (χ0) is 29.6.